The monoisotopic (exact) mass is 295 g/mol. The highest BCUT2D eigenvalue weighted by atomic mass is 32.1. The second kappa shape index (κ2) is 5.83. The number of ether oxygens (including phenoxy) is 2. The lowest BCUT2D eigenvalue weighted by atomic mass is 10.2. The van der Waals surface area contributed by atoms with E-state index in [-0.39, 0.29) is 22.5 Å². The maximum Gasteiger partial charge on any atom is 0.315 e. The van der Waals surface area contributed by atoms with E-state index in [1.807, 2.05) is 13.8 Å². The Morgan fingerprint density at radius 3 is 2.70 bits per heavy atom. The maximum absolute atomic E-state index is 11.0. The maximum atomic E-state index is 11.0. The summed E-state index contributed by atoms with van der Waals surface area (Å²) in [5, 5.41) is 11.3. The molecule has 0 amide bonds. The SMILES string of the molecule is COc1ccc(Oc2nc(C(C)C)ns2)c([N+](=O)[O-])c1. The van der Waals surface area contributed by atoms with Crippen molar-refractivity contribution in [1.29, 1.82) is 0 Å². The molecule has 0 radical (unpaired) electrons. The zero-order valence-electron chi connectivity index (χ0n) is 11.2. The van der Waals surface area contributed by atoms with Crippen molar-refractivity contribution in [2.24, 2.45) is 0 Å². The fraction of sp³-hybridized carbons (Fsp3) is 0.333. The van der Waals surface area contributed by atoms with E-state index < -0.39 is 4.92 Å². The molecule has 0 bridgehead atoms. The first kappa shape index (κ1) is 14.2. The lowest BCUT2D eigenvalue weighted by molar-refractivity contribution is -0.385. The number of methoxy groups -OCH3 is 1. The third kappa shape index (κ3) is 3.02. The molecule has 0 saturated heterocycles. The Morgan fingerprint density at radius 2 is 2.15 bits per heavy atom. The summed E-state index contributed by atoms with van der Waals surface area (Å²) in [6.07, 6.45) is 0. The molecule has 0 aliphatic rings. The van der Waals surface area contributed by atoms with Gasteiger partial charge in [0.05, 0.1) is 18.1 Å². The molecule has 7 nitrogen and oxygen atoms in total. The van der Waals surface area contributed by atoms with Crippen molar-refractivity contribution in [3.63, 3.8) is 0 Å². The van der Waals surface area contributed by atoms with Crippen LogP contribution < -0.4 is 9.47 Å². The zero-order chi connectivity index (χ0) is 14.7. The van der Waals surface area contributed by atoms with Crippen molar-refractivity contribution in [3.8, 4) is 16.7 Å². The second-order valence-corrected chi connectivity index (χ2v) is 4.98. The number of aromatic nitrogens is 2. The van der Waals surface area contributed by atoms with Gasteiger partial charge in [-0.25, -0.2) is 0 Å². The summed E-state index contributed by atoms with van der Waals surface area (Å²) in [5.41, 5.74) is -0.175. The Bertz CT molecular complexity index is 627. The normalized spacial score (nSPS) is 10.6. The summed E-state index contributed by atoms with van der Waals surface area (Å²) in [6, 6.07) is 4.37. The van der Waals surface area contributed by atoms with Crippen LogP contribution in [0.3, 0.4) is 0 Å². The first-order valence-corrected chi connectivity index (χ1v) is 6.62. The summed E-state index contributed by atoms with van der Waals surface area (Å²) in [5.74, 6) is 1.34. The first-order chi connectivity index (χ1) is 9.51. The van der Waals surface area contributed by atoms with Gasteiger partial charge in [-0.3, -0.25) is 10.1 Å². The molecule has 1 aromatic carbocycles. The van der Waals surface area contributed by atoms with Gasteiger partial charge in [0.2, 0.25) is 5.75 Å². The molecule has 2 aromatic rings. The van der Waals surface area contributed by atoms with E-state index in [4.69, 9.17) is 9.47 Å². The minimum atomic E-state index is -0.526. The minimum absolute atomic E-state index is 0.113. The fourth-order valence-corrected chi connectivity index (χ4v) is 2.13. The lowest BCUT2D eigenvalue weighted by Gasteiger charge is -2.04. The van der Waals surface area contributed by atoms with E-state index in [0.717, 1.165) is 11.5 Å². The highest BCUT2D eigenvalue weighted by Gasteiger charge is 2.19. The average molecular weight is 295 g/mol. The standard InChI is InChI=1S/C12H13N3O4S/c1-7(2)11-13-12(20-14-11)19-10-5-4-8(18-3)6-9(10)15(16)17/h4-7H,1-3H3. The molecule has 0 fully saturated rings. The van der Waals surface area contributed by atoms with E-state index in [1.165, 1.54) is 19.2 Å². The van der Waals surface area contributed by atoms with Crippen molar-refractivity contribution in [3.05, 3.63) is 34.1 Å². The highest BCUT2D eigenvalue weighted by Crippen LogP contribution is 2.35. The molecule has 0 unspecified atom stereocenters. The molecule has 8 heteroatoms. The van der Waals surface area contributed by atoms with Crippen molar-refractivity contribution >= 4 is 17.2 Å². The van der Waals surface area contributed by atoms with Crippen LogP contribution in [0.1, 0.15) is 25.6 Å². The van der Waals surface area contributed by atoms with Gasteiger partial charge in [0.25, 0.3) is 5.19 Å². The molecule has 0 N–H and O–H groups in total. The van der Waals surface area contributed by atoms with Crippen molar-refractivity contribution in [2.45, 2.75) is 19.8 Å². The van der Waals surface area contributed by atoms with Crippen LogP contribution in [0.25, 0.3) is 0 Å². The van der Waals surface area contributed by atoms with Gasteiger partial charge in [0.15, 0.2) is 0 Å². The van der Waals surface area contributed by atoms with Crippen LogP contribution in [0.5, 0.6) is 16.7 Å². The predicted molar refractivity (Wildman–Crippen MR) is 73.7 cm³/mol. The van der Waals surface area contributed by atoms with E-state index in [1.54, 1.807) is 6.07 Å². The van der Waals surface area contributed by atoms with Crippen molar-refractivity contribution in [1.82, 2.24) is 9.36 Å². The molecule has 1 heterocycles. The smallest absolute Gasteiger partial charge is 0.315 e. The fourth-order valence-electron chi connectivity index (χ4n) is 1.44. The minimum Gasteiger partial charge on any atom is -0.496 e. The summed E-state index contributed by atoms with van der Waals surface area (Å²) in [4.78, 5) is 14.7. The third-order valence-electron chi connectivity index (χ3n) is 2.50. The van der Waals surface area contributed by atoms with Gasteiger partial charge < -0.3 is 9.47 Å². The van der Waals surface area contributed by atoms with Crippen LogP contribution >= 0.6 is 11.5 Å². The van der Waals surface area contributed by atoms with E-state index in [9.17, 15) is 10.1 Å². The van der Waals surface area contributed by atoms with E-state index >= 15 is 0 Å². The largest absolute Gasteiger partial charge is 0.496 e. The predicted octanol–water partition coefficient (Wildman–Crippen LogP) is 3.37. The Hall–Kier alpha value is -2.22. The Balaban J connectivity index is 2.30. The number of benzene rings is 1. The molecule has 2 rings (SSSR count). The first-order valence-electron chi connectivity index (χ1n) is 5.85. The zero-order valence-corrected chi connectivity index (χ0v) is 12.0. The van der Waals surface area contributed by atoms with E-state index in [2.05, 4.69) is 9.36 Å². The molecule has 0 spiro atoms. The Morgan fingerprint density at radius 1 is 1.40 bits per heavy atom. The van der Waals surface area contributed by atoms with Crippen LogP contribution in [-0.4, -0.2) is 21.4 Å². The number of nitro benzene ring substituents is 1. The van der Waals surface area contributed by atoms with Crippen molar-refractivity contribution < 1.29 is 14.4 Å². The Labute approximate surface area is 119 Å². The molecular formula is C12H13N3O4S. The van der Waals surface area contributed by atoms with Gasteiger partial charge in [-0.15, -0.1) is 0 Å². The van der Waals surface area contributed by atoms with Crippen LogP contribution in [0.2, 0.25) is 0 Å². The molecule has 106 valence electrons. The second-order valence-electron chi connectivity index (χ2n) is 4.27. The van der Waals surface area contributed by atoms with Crippen LogP contribution in [0, 0.1) is 10.1 Å². The molecule has 0 aliphatic heterocycles. The topological polar surface area (TPSA) is 87.4 Å². The van der Waals surface area contributed by atoms with Crippen LogP contribution in [0.15, 0.2) is 18.2 Å². The number of rotatable bonds is 5. The van der Waals surface area contributed by atoms with Gasteiger partial charge in [0, 0.05) is 17.5 Å². The third-order valence-corrected chi connectivity index (χ3v) is 3.11. The summed E-state index contributed by atoms with van der Waals surface area (Å²) >= 11 is 1.07. The van der Waals surface area contributed by atoms with Gasteiger partial charge in [0.1, 0.15) is 11.6 Å². The molecule has 1 aromatic heterocycles. The van der Waals surface area contributed by atoms with Gasteiger partial charge in [-0.2, -0.15) is 9.36 Å². The van der Waals surface area contributed by atoms with E-state index in [0.29, 0.717) is 11.6 Å². The van der Waals surface area contributed by atoms with Gasteiger partial charge in [-0.1, -0.05) is 13.8 Å². The van der Waals surface area contributed by atoms with Crippen LogP contribution in [-0.2, 0) is 0 Å². The van der Waals surface area contributed by atoms with Crippen molar-refractivity contribution in [2.75, 3.05) is 7.11 Å². The molecule has 0 saturated carbocycles. The van der Waals surface area contributed by atoms with Crippen LogP contribution in [0.4, 0.5) is 5.69 Å². The number of nitrogens with zero attached hydrogens (tertiary/aromatic N) is 3. The lowest BCUT2D eigenvalue weighted by Crippen LogP contribution is -1.95. The number of hydrogen-bond donors (Lipinski definition) is 0. The number of hydrogen-bond acceptors (Lipinski definition) is 7. The van der Waals surface area contributed by atoms with Gasteiger partial charge in [-0.05, 0) is 12.1 Å². The molecule has 0 atom stereocenters. The summed E-state index contributed by atoms with van der Waals surface area (Å²) in [7, 11) is 1.44. The Kier molecular flexibility index (Phi) is 4.14. The summed E-state index contributed by atoms with van der Waals surface area (Å²) in [6.45, 7) is 3.92. The quantitative estimate of drug-likeness (QED) is 0.620. The average Bonchev–Trinajstić information content (AvgIpc) is 2.87. The van der Waals surface area contributed by atoms with Gasteiger partial charge >= 0.3 is 5.69 Å². The molecule has 20 heavy (non-hydrogen) atoms. The molecular weight excluding hydrogens is 282 g/mol. The number of nitro groups is 1. The highest BCUT2D eigenvalue weighted by molar-refractivity contribution is 7.07. The molecule has 0 aliphatic carbocycles. The summed E-state index contributed by atoms with van der Waals surface area (Å²) < 4.78 is 14.5.